The largest absolute Gasteiger partial charge is 0.466 e. The number of piperidine rings is 1. The molecule has 0 aromatic heterocycles. The van der Waals surface area contributed by atoms with Crippen LogP contribution in [0.4, 0.5) is 11.4 Å². The number of rotatable bonds is 8. The predicted molar refractivity (Wildman–Crippen MR) is 114 cm³/mol. The molecule has 0 aliphatic carbocycles. The molecular weight excluding hydrogens is 370 g/mol. The Bertz CT molecular complexity index is 695. The second-order valence-electron chi connectivity index (χ2n) is 7.94. The summed E-state index contributed by atoms with van der Waals surface area (Å²) < 4.78 is 5.07. The smallest absolute Gasteiger partial charge is 0.309 e. The fourth-order valence-corrected chi connectivity index (χ4v) is 3.41. The minimum absolute atomic E-state index is 0.00419. The molecule has 1 unspecified atom stereocenters. The van der Waals surface area contributed by atoms with Crippen LogP contribution in [0.3, 0.4) is 0 Å². The highest BCUT2D eigenvalue weighted by atomic mass is 16.5. The van der Waals surface area contributed by atoms with E-state index in [1.807, 2.05) is 45.0 Å². The first kappa shape index (κ1) is 22.7. The van der Waals surface area contributed by atoms with Crippen LogP contribution in [0.15, 0.2) is 24.3 Å². The van der Waals surface area contributed by atoms with Crippen molar-refractivity contribution in [2.24, 2.45) is 11.8 Å². The van der Waals surface area contributed by atoms with Crippen molar-refractivity contribution in [2.75, 3.05) is 30.3 Å². The lowest BCUT2D eigenvalue weighted by atomic mass is 9.96. The van der Waals surface area contributed by atoms with Gasteiger partial charge in [0.05, 0.1) is 12.5 Å². The molecule has 160 valence electrons. The van der Waals surface area contributed by atoms with Gasteiger partial charge in [-0.2, -0.15) is 0 Å². The Balaban J connectivity index is 1.82. The third-order valence-corrected chi connectivity index (χ3v) is 4.94. The third kappa shape index (κ3) is 7.07. The molecule has 2 N–H and O–H groups in total. The van der Waals surface area contributed by atoms with Crippen molar-refractivity contribution in [2.45, 2.75) is 53.0 Å². The van der Waals surface area contributed by atoms with Crippen molar-refractivity contribution in [3.8, 4) is 0 Å². The van der Waals surface area contributed by atoms with Crippen LogP contribution in [0.5, 0.6) is 0 Å². The van der Waals surface area contributed by atoms with Crippen molar-refractivity contribution in [3.05, 3.63) is 24.3 Å². The van der Waals surface area contributed by atoms with Gasteiger partial charge < -0.3 is 20.3 Å². The van der Waals surface area contributed by atoms with Crippen LogP contribution in [0.25, 0.3) is 0 Å². The number of ether oxygens (including phenoxy) is 1. The number of anilines is 2. The number of likely N-dealkylation sites (tertiary alicyclic amines) is 1. The zero-order chi connectivity index (χ0) is 21.4. The topological polar surface area (TPSA) is 87.7 Å². The first-order valence-electron chi connectivity index (χ1n) is 10.4. The highest BCUT2D eigenvalue weighted by Crippen LogP contribution is 2.20. The Morgan fingerprint density at radius 1 is 1.07 bits per heavy atom. The summed E-state index contributed by atoms with van der Waals surface area (Å²) in [4.78, 5) is 38.2. The van der Waals surface area contributed by atoms with E-state index < -0.39 is 0 Å². The summed E-state index contributed by atoms with van der Waals surface area (Å²) in [5, 5.41) is 6.08. The number of nitrogens with one attached hydrogen (secondary N) is 2. The van der Waals surface area contributed by atoms with Crippen molar-refractivity contribution in [1.82, 2.24) is 4.90 Å². The molecule has 0 spiro atoms. The SMILES string of the molecule is CCOC(=O)C1CCN(C(=O)C(C)Nc2ccc(NC(=O)CC(C)C)cc2)CC1. The number of nitrogens with zero attached hydrogens (tertiary/aromatic N) is 1. The molecule has 1 atom stereocenters. The Morgan fingerprint density at radius 3 is 2.21 bits per heavy atom. The van der Waals surface area contributed by atoms with Crippen LogP contribution in [0, 0.1) is 11.8 Å². The monoisotopic (exact) mass is 403 g/mol. The van der Waals surface area contributed by atoms with Crippen LogP contribution in [-0.4, -0.2) is 48.4 Å². The number of amides is 2. The number of benzene rings is 1. The molecule has 1 fully saturated rings. The lowest BCUT2D eigenvalue weighted by Gasteiger charge is -2.33. The lowest BCUT2D eigenvalue weighted by molar-refractivity contribution is -0.151. The molecule has 0 radical (unpaired) electrons. The van der Waals surface area contributed by atoms with Crippen LogP contribution in [0.2, 0.25) is 0 Å². The highest BCUT2D eigenvalue weighted by molar-refractivity contribution is 5.91. The lowest BCUT2D eigenvalue weighted by Crippen LogP contribution is -2.46. The molecular formula is C22H33N3O4. The van der Waals surface area contributed by atoms with Gasteiger partial charge in [-0.15, -0.1) is 0 Å². The zero-order valence-electron chi connectivity index (χ0n) is 17.9. The molecule has 0 bridgehead atoms. The average molecular weight is 404 g/mol. The van der Waals surface area contributed by atoms with E-state index in [0.717, 1.165) is 11.4 Å². The maximum atomic E-state index is 12.7. The van der Waals surface area contributed by atoms with Crippen molar-refractivity contribution in [3.63, 3.8) is 0 Å². The molecule has 29 heavy (non-hydrogen) atoms. The van der Waals surface area contributed by atoms with E-state index >= 15 is 0 Å². The van der Waals surface area contributed by atoms with Gasteiger partial charge in [0.15, 0.2) is 0 Å². The second kappa shape index (κ2) is 10.8. The third-order valence-electron chi connectivity index (χ3n) is 4.94. The molecule has 0 saturated carbocycles. The first-order valence-corrected chi connectivity index (χ1v) is 10.4. The van der Waals surface area contributed by atoms with E-state index in [9.17, 15) is 14.4 Å². The van der Waals surface area contributed by atoms with Gasteiger partial charge in [0.25, 0.3) is 0 Å². The number of carbonyl (C=O) groups is 3. The number of hydrogen-bond acceptors (Lipinski definition) is 5. The van der Waals surface area contributed by atoms with Gasteiger partial charge in [-0.25, -0.2) is 0 Å². The number of hydrogen-bond donors (Lipinski definition) is 2. The van der Waals surface area contributed by atoms with Crippen molar-refractivity contribution >= 4 is 29.2 Å². The zero-order valence-corrected chi connectivity index (χ0v) is 17.9. The Labute approximate surface area is 173 Å². The van der Waals surface area contributed by atoms with Crippen molar-refractivity contribution in [1.29, 1.82) is 0 Å². The van der Waals surface area contributed by atoms with Gasteiger partial charge in [-0.1, -0.05) is 13.8 Å². The minimum Gasteiger partial charge on any atom is -0.466 e. The summed E-state index contributed by atoms with van der Waals surface area (Å²) in [6, 6.07) is 6.96. The van der Waals surface area contributed by atoms with E-state index in [-0.39, 0.29) is 29.7 Å². The second-order valence-corrected chi connectivity index (χ2v) is 7.94. The summed E-state index contributed by atoms with van der Waals surface area (Å²) in [5.41, 5.74) is 1.55. The van der Waals surface area contributed by atoms with E-state index in [4.69, 9.17) is 4.74 Å². The van der Waals surface area contributed by atoms with Gasteiger partial charge in [0.1, 0.15) is 6.04 Å². The maximum Gasteiger partial charge on any atom is 0.309 e. The molecule has 1 aliphatic rings. The van der Waals surface area contributed by atoms with Crippen molar-refractivity contribution < 1.29 is 19.1 Å². The van der Waals surface area contributed by atoms with Gasteiger partial charge >= 0.3 is 5.97 Å². The molecule has 2 rings (SSSR count). The van der Waals surface area contributed by atoms with Gasteiger partial charge in [-0.05, 0) is 56.9 Å². The van der Waals surface area contributed by atoms with Gasteiger partial charge in [0, 0.05) is 30.9 Å². The number of carbonyl (C=O) groups excluding carboxylic acids is 3. The molecule has 1 aromatic rings. The van der Waals surface area contributed by atoms with Crippen LogP contribution >= 0.6 is 0 Å². The van der Waals surface area contributed by atoms with Crippen LogP contribution < -0.4 is 10.6 Å². The fraction of sp³-hybridized carbons (Fsp3) is 0.591. The Kier molecular flexibility index (Phi) is 8.49. The quantitative estimate of drug-likeness (QED) is 0.651. The molecule has 1 aliphatic heterocycles. The molecule has 1 saturated heterocycles. The van der Waals surface area contributed by atoms with Crippen LogP contribution in [-0.2, 0) is 19.1 Å². The van der Waals surface area contributed by atoms with E-state index in [2.05, 4.69) is 10.6 Å². The summed E-state index contributed by atoms with van der Waals surface area (Å²) in [6.07, 6.45) is 1.77. The first-order chi connectivity index (χ1) is 13.8. The molecule has 1 heterocycles. The van der Waals surface area contributed by atoms with E-state index in [1.54, 1.807) is 11.8 Å². The molecule has 2 amide bonds. The minimum atomic E-state index is -0.379. The van der Waals surface area contributed by atoms with Gasteiger partial charge in [-0.3, -0.25) is 14.4 Å². The van der Waals surface area contributed by atoms with E-state index in [0.29, 0.717) is 44.9 Å². The average Bonchev–Trinajstić information content (AvgIpc) is 2.68. The maximum absolute atomic E-state index is 12.7. The molecule has 1 aromatic carbocycles. The summed E-state index contributed by atoms with van der Waals surface area (Å²) in [7, 11) is 0. The number of esters is 1. The summed E-state index contributed by atoms with van der Waals surface area (Å²) in [6.45, 7) is 9.16. The molecule has 7 heteroatoms. The Morgan fingerprint density at radius 2 is 1.66 bits per heavy atom. The Hall–Kier alpha value is -2.57. The van der Waals surface area contributed by atoms with Crippen LogP contribution in [0.1, 0.15) is 47.0 Å². The summed E-state index contributed by atoms with van der Waals surface area (Å²) in [5.74, 6) is 0.0503. The van der Waals surface area contributed by atoms with Gasteiger partial charge in [0.2, 0.25) is 11.8 Å². The fourth-order valence-electron chi connectivity index (χ4n) is 3.41. The molecule has 7 nitrogen and oxygen atoms in total. The predicted octanol–water partition coefficient (Wildman–Crippen LogP) is 3.27. The standard InChI is InChI=1S/C22H33N3O4/c1-5-29-22(28)17-10-12-25(13-11-17)21(27)16(4)23-18-6-8-19(9-7-18)24-20(26)14-15(2)3/h6-9,15-17,23H,5,10-14H2,1-4H3,(H,24,26). The summed E-state index contributed by atoms with van der Waals surface area (Å²) >= 11 is 0. The normalized spacial score (nSPS) is 15.7. The van der Waals surface area contributed by atoms with E-state index in [1.165, 1.54) is 0 Å². The highest BCUT2D eigenvalue weighted by Gasteiger charge is 2.30.